The van der Waals surface area contributed by atoms with E-state index in [9.17, 15) is 9.59 Å². The van der Waals surface area contributed by atoms with Crippen molar-refractivity contribution in [2.24, 2.45) is 5.41 Å². The fourth-order valence-electron chi connectivity index (χ4n) is 3.08. The number of hydrogen-bond donors (Lipinski definition) is 2. The number of carbonyl (C=O) groups is 2. The van der Waals surface area contributed by atoms with E-state index in [1.54, 1.807) is 0 Å². The number of anilines is 3. The van der Waals surface area contributed by atoms with Crippen LogP contribution in [0.15, 0.2) is 48.5 Å². The first kappa shape index (κ1) is 19.9. The second-order valence-electron chi connectivity index (χ2n) is 8.76. The molecule has 5 nitrogen and oxygen atoms in total. The minimum absolute atomic E-state index is 0.0578. The van der Waals surface area contributed by atoms with E-state index in [4.69, 9.17) is 0 Å². The van der Waals surface area contributed by atoms with Crippen LogP contribution in [0.25, 0.3) is 0 Å². The van der Waals surface area contributed by atoms with Gasteiger partial charge in [-0.25, -0.2) is 0 Å². The van der Waals surface area contributed by atoms with Crippen molar-refractivity contribution in [3.05, 3.63) is 54.1 Å². The van der Waals surface area contributed by atoms with Gasteiger partial charge in [0.1, 0.15) is 5.41 Å². The van der Waals surface area contributed by atoms with E-state index < -0.39 is 5.41 Å². The Morgan fingerprint density at radius 3 is 1.61 bits per heavy atom. The Morgan fingerprint density at radius 2 is 1.25 bits per heavy atom. The van der Waals surface area contributed by atoms with Crippen LogP contribution < -0.4 is 15.5 Å². The lowest BCUT2D eigenvalue weighted by Crippen LogP contribution is -2.35. The quantitative estimate of drug-likeness (QED) is 0.757. The maximum atomic E-state index is 12.8. The van der Waals surface area contributed by atoms with Crippen LogP contribution >= 0.6 is 0 Å². The lowest BCUT2D eigenvalue weighted by molar-refractivity contribution is -0.131. The van der Waals surface area contributed by atoms with E-state index in [1.165, 1.54) is 5.56 Å². The molecule has 2 amide bonds. The maximum Gasteiger partial charge on any atom is 0.240 e. The van der Waals surface area contributed by atoms with Gasteiger partial charge in [-0.05, 0) is 60.2 Å². The molecule has 3 rings (SSSR count). The Kier molecular flexibility index (Phi) is 5.20. The summed E-state index contributed by atoms with van der Waals surface area (Å²) < 4.78 is 0. The van der Waals surface area contributed by atoms with Crippen molar-refractivity contribution in [2.45, 2.75) is 39.0 Å². The van der Waals surface area contributed by atoms with Crippen molar-refractivity contribution in [3.8, 4) is 0 Å². The largest absolute Gasteiger partial charge is 0.378 e. The highest BCUT2D eigenvalue weighted by atomic mass is 16.2. The molecule has 1 saturated carbocycles. The molecular formula is C23H29N3O2. The second-order valence-corrected chi connectivity index (χ2v) is 8.76. The molecule has 1 aliphatic carbocycles. The third-order valence-electron chi connectivity index (χ3n) is 5.27. The van der Waals surface area contributed by atoms with Gasteiger partial charge in [-0.15, -0.1) is 0 Å². The van der Waals surface area contributed by atoms with Gasteiger partial charge < -0.3 is 15.5 Å². The number of hydrogen-bond acceptors (Lipinski definition) is 3. The topological polar surface area (TPSA) is 61.4 Å². The van der Waals surface area contributed by atoms with E-state index >= 15 is 0 Å². The van der Waals surface area contributed by atoms with Crippen LogP contribution in [0.1, 0.15) is 39.2 Å². The molecule has 0 saturated heterocycles. The number of nitrogens with one attached hydrogen (secondary N) is 2. The molecule has 0 heterocycles. The van der Waals surface area contributed by atoms with Gasteiger partial charge in [0.25, 0.3) is 0 Å². The lowest BCUT2D eigenvalue weighted by atomic mass is 9.87. The van der Waals surface area contributed by atoms with Crippen LogP contribution in [0.3, 0.4) is 0 Å². The number of nitrogens with zero attached hydrogens (tertiary/aromatic N) is 1. The summed E-state index contributed by atoms with van der Waals surface area (Å²) in [5, 5.41) is 5.80. The number of amides is 2. The summed E-state index contributed by atoms with van der Waals surface area (Å²) in [6.07, 6.45) is 1.14. The molecule has 0 bridgehead atoms. The van der Waals surface area contributed by atoms with E-state index in [-0.39, 0.29) is 17.2 Å². The molecule has 2 aromatic rings. The van der Waals surface area contributed by atoms with Gasteiger partial charge in [-0.1, -0.05) is 32.9 Å². The molecule has 0 aliphatic heterocycles. The zero-order valence-electron chi connectivity index (χ0n) is 17.3. The Hall–Kier alpha value is -2.82. The van der Waals surface area contributed by atoms with Crippen molar-refractivity contribution < 1.29 is 9.59 Å². The summed E-state index contributed by atoms with van der Waals surface area (Å²) >= 11 is 0. The van der Waals surface area contributed by atoms with Crippen LogP contribution in [0.2, 0.25) is 0 Å². The van der Waals surface area contributed by atoms with Crippen LogP contribution in [0.4, 0.5) is 17.1 Å². The minimum Gasteiger partial charge on any atom is -0.378 e. The smallest absolute Gasteiger partial charge is 0.240 e. The average Bonchev–Trinajstić information content (AvgIpc) is 3.44. The monoisotopic (exact) mass is 379 g/mol. The molecule has 1 fully saturated rings. The highest BCUT2D eigenvalue weighted by molar-refractivity contribution is 6.16. The van der Waals surface area contributed by atoms with Gasteiger partial charge in [0.15, 0.2) is 0 Å². The van der Waals surface area contributed by atoms with Crippen LogP contribution in [0, 0.1) is 5.41 Å². The molecule has 28 heavy (non-hydrogen) atoms. The first-order valence-corrected chi connectivity index (χ1v) is 9.63. The third-order valence-corrected chi connectivity index (χ3v) is 5.27. The lowest BCUT2D eigenvalue weighted by Gasteiger charge is -2.20. The molecule has 2 N–H and O–H groups in total. The zero-order chi connectivity index (χ0) is 20.5. The molecule has 0 radical (unpaired) electrons. The molecule has 0 spiro atoms. The maximum absolute atomic E-state index is 12.8. The summed E-state index contributed by atoms with van der Waals surface area (Å²) in [4.78, 5) is 27.5. The summed E-state index contributed by atoms with van der Waals surface area (Å²) in [6.45, 7) is 6.44. The highest BCUT2D eigenvalue weighted by Crippen LogP contribution is 2.47. The van der Waals surface area contributed by atoms with Crippen molar-refractivity contribution in [3.63, 3.8) is 0 Å². The zero-order valence-corrected chi connectivity index (χ0v) is 17.3. The van der Waals surface area contributed by atoms with Gasteiger partial charge in [0.2, 0.25) is 11.8 Å². The Labute approximate surface area is 167 Å². The van der Waals surface area contributed by atoms with Crippen LogP contribution in [0.5, 0.6) is 0 Å². The predicted molar refractivity (Wildman–Crippen MR) is 115 cm³/mol. The van der Waals surface area contributed by atoms with E-state index in [0.717, 1.165) is 5.69 Å². The summed E-state index contributed by atoms with van der Waals surface area (Å²) in [7, 11) is 3.93. The molecule has 0 unspecified atom stereocenters. The Morgan fingerprint density at radius 1 is 0.821 bits per heavy atom. The van der Waals surface area contributed by atoms with Crippen molar-refractivity contribution in [2.75, 3.05) is 29.6 Å². The second kappa shape index (κ2) is 7.30. The fourth-order valence-corrected chi connectivity index (χ4v) is 3.08. The molecule has 148 valence electrons. The van der Waals surface area contributed by atoms with E-state index in [0.29, 0.717) is 24.2 Å². The predicted octanol–water partition coefficient (Wildman–Crippen LogP) is 4.41. The van der Waals surface area contributed by atoms with Gasteiger partial charge in [-0.3, -0.25) is 9.59 Å². The van der Waals surface area contributed by atoms with Gasteiger partial charge >= 0.3 is 0 Å². The van der Waals surface area contributed by atoms with E-state index in [2.05, 4.69) is 31.4 Å². The SMILES string of the molecule is CN(C)c1ccc(NC(=O)C2(C(=O)Nc3ccc(C(C)(C)C)cc3)CC2)cc1. The molecule has 1 aliphatic rings. The number of carbonyl (C=O) groups excluding carboxylic acids is 2. The molecule has 0 aromatic heterocycles. The van der Waals surface area contributed by atoms with Crippen molar-refractivity contribution in [1.82, 2.24) is 0 Å². The van der Waals surface area contributed by atoms with Gasteiger partial charge in [-0.2, -0.15) is 0 Å². The van der Waals surface area contributed by atoms with Gasteiger partial charge in [0.05, 0.1) is 0 Å². The normalized spacial score (nSPS) is 14.9. The minimum atomic E-state index is -0.969. The summed E-state index contributed by atoms with van der Waals surface area (Å²) in [6, 6.07) is 15.4. The standard InChI is InChI=1S/C23H29N3O2/c1-22(2,3)16-6-8-17(9-7-16)24-20(27)23(14-15-23)21(28)25-18-10-12-19(13-11-18)26(4)5/h6-13H,14-15H2,1-5H3,(H,24,27)(H,25,28). The highest BCUT2D eigenvalue weighted by Gasteiger charge is 2.56. The third kappa shape index (κ3) is 4.19. The molecule has 0 atom stereocenters. The fraction of sp³-hybridized carbons (Fsp3) is 0.391. The first-order valence-electron chi connectivity index (χ1n) is 9.63. The van der Waals surface area contributed by atoms with Crippen molar-refractivity contribution >= 4 is 28.9 Å². The van der Waals surface area contributed by atoms with Crippen LogP contribution in [-0.2, 0) is 15.0 Å². The molecule has 5 heteroatoms. The number of benzene rings is 2. The van der Waals surface area contributed by atoms with E-state index in [1.807, 2.05) is 67.5 Å². The first-order chi connectivity index (χ1) is 13.1. The van der Waals surface area contributed by atoms with Crippen molar-refractivity contribution in [1.29, 1.82) is 0 Å². The molecular weight excluding hydrogens is 350 g/mol. The van der Waals surface area contributed by atoms with Gasteiger partial charge in [0, 0.05) is 31.2 Å². The average molecular weight is 380 g/mol. The summed E-state index contributed by atoms with van der Waals surface area (Å²) in [5.74, 6) is -0.479. The van der Waals surface area contributed by atoms with Crippen LogP contribution in [-0.4, -0.2) is 25.9 Å². The number of rotatable bonds is 5. The Balaban J connectivity index is 1.65. The Bertz CT molecular complexity index is 858. The summed E-state index contributed by atoms with van der Waals surface area (Å²) in [5.41, 5.74) is 2.75. The molecule has 2 aromatic carbocycles.